The SMILES string of the molecule is CCCN(CC(F)(F)F)C(C)CC(C)(N)C(=O)OC. The van der Waals surface area contributed by atoms with Crippen LogP contribution in [0, 0.1) is 0 Å². The van der Waals surface area contributed by atoms with E-state index in [4.69, 9.17) is 5.73 Å². The number of hydrogen-bond acceptors (Lipinski definition) is 4. The fourth-order valence-corrected chi connectivity index (χ4v) is 2.03. The lowest BCUT2D eigenvalue weighted by Crippen LogP contribution is -2.52. The number of halogens is 3. The summed E-state index contributed by atoms with van der Waals surface area (Å²) in [7, 11) is 1.21. The molecule has 19 heavy (non-hydrogen) atoms. The number of hydrogen-bond donors (Lipinski definition) is 1. The Bertz CT molecular complexity index is 293. The summed E-state index contributed by atoms with van der Waals surface area (Å²) in [6, 6.07) is -0.462. The van der Waals surface area contributed by atoms with E-state index in [1.54, 1.807) is 13.8 Å². The Labute approximate surface area is 112 Å². The number of ether oxygens (including phenoxy) is 1. The number of methoxy groups -OCH3 is 1. The quantitative estimate of drug-likeness (QED) is 0.726. The van der Waals surface area contributed by atoms with Crippen LogP contribution in [0.4, 0.5) is 13.2 Å². The summed E-state index contributed by atoms with van der Waals surface area (Å²) in [6.45, 7) is 4.21. The van der Waals surface area contributed by atoms with Crippen molar-refractivity contribution in [3.05, 3.63) is 0 Å². The highest BCUT2D eigenvalue weighted by molar-refractivity contribution is 5.79. The van der Waals surface area contributed by atoms with Crippen LogP contribution in [0.2, 0.25) is 0 Å². The molecule has 0 aliphatic heterocycles. The van der Waals surface area contributed by atoms with Crippen molar-refractivity contribution in [3.63, 3.8) is 0 Å². The Hall–Kier alpha value is -0.820. The molecule has 0 aliphatic carbocycles. The summed E-state index contributed by atoms with van der Waals surface area (Å²) in [5, 5.41) is 0. The minimum atomic E-state index is -4.26. The summed E-state index contributed by atoms with van der Waals surface area (Å²) < 4.78 is 42.0. The number of esters is 1. The molecule has 0 heterocycles. The molecule has 0 rings (SSSR count). The fourth-order valence-electron chi connectivity index (χ4n) is 2.03. The van der Waals surface area contributed by atoms with Crippen LogP contribution in [0.25, 0.3) is 0 Å². The molecule has 0 aromatic heterocycles. The maximum absolute atomic E-state index is 12.5. The lowest BCUT2D eigenvalue weighted by atomic mass is 9.94. The van der Waals surface area contributed by atoms with Gasteiger partial charge in [-0.1, -0.05) is 6.92 Å². The highest BCUT2D eigenvalue weighted by Crippen LogP contribution is 2.22. The molecular weight excluding hydrogens is 261 g/mol. The van der Waals surface area contributed by atoms with Crippen LogP contribution in [0.15, 0.2) is 0 Å². The first kappa shape index (κ1) is 18.2. The second-order valence-corrected chi connectivity index (χ2v) is 5.05. The van der Waals surface area contributed by atoms with E-state index < -0.39 is 30.3 Å². The zero-order valence-corrected chi connectivity index (χ0v) is 11.9. The summed E-state index contributed by atoms with van der Waals surface area (Å²) in [5.41, 5.74) is 4.50. The van der Waals surface area contributed by atoms with Crippen molar-refractivity contribution in [2.24, 2.45) is 5.73 Å². The average Bonchev–Trinajstić information content (AvgIpc) is 2.24. The summed E-state index contributed by atoms with van der Waals surface area (Å²) in [4.78, 5) is 12.7. The first-order valence-electron chi connectivity index (χ1n) is 6.21. The molecule has 7 heteroatoms. The summed E-state index contributed by atoms with van der Waals surface area (Å²) >= 11 is 0. The maximum Gasteiger partial charge on any atom is 0.401 e. The number of rotatable bonds is 7. The number of nitrogens with two attached hydrogens (primary N) is 1. The molecule has 0 amide bonds. The first-order valence-corrected chi connectivity index (χ1v) is 6.21. The predicted molar refractivity (Wildman–Crippen MR) is 66.6 cm³/mol. The standard InChI is InChI=1S/C12H23F3N2O2/c1-5-6-17(8-12(13,14)15)9(2)7-11(3,16)10(18)19-4/h9H,5-8,16H2,1-4H3. The van der Waals surface area contributed by atoms with Crippen LogP contribution in [-0.2, 0) is 9.53 Å². The second kappa shape index (κ2) is 7.09. The van der Waals surface area contributed by atoms with Crippen molar-refractivity contribution in [1.82, 2.24) is 4.90 Å². The van der Waals surface area contributed by atoms with Gasteiger partial charge in [0.05, 0.1) is 13.7 Å². The molecule has 0 aromatic carbocycles. The van der Waals surface area contributed by atoms with Crippen LogP contribution in [0.5, 0.6) is 0 Å². The van der Waals surface area contributed by atoms with Crippen molar-refractivity contribution in [2.75, 3.05) is 20.2 Å². The molecule has 0 aromatic rings. The Morgan fingerprint density at radius 2 is 1.95 bits per heavy atom. The fraction of sp³-hybridized carbons (Fsp3) is 0.917. The normalized spacial score (nSPS) is 17.1. The van der Waals surface area contributed by atoms with E-state index in [2.05, 4.69) is 4.74 Å². The van der Waals surface area contributed by atoms with E-state index in [0.29, 0.717) is 13.0 Å². The van der Waals surface area contributed by atoms with Crippen LogP contribution >= 0.6 is 0 Å². The van der Waals surface area contributed by atoms with Gasteiger partial charge in [-0.2, -0.15) is 13.2 Å². The van der Waals surface area contributed by atoms with Crippen molar-refractivity contribution in [1.29, 1.82) is 0 Å². The third kappa shape index (κ3) is 6.77. The van der Waals surface area contributed by atoms with Crippen LogP contribution < -0.4 is 5.73 Å². The van der Waals surface area contributed by atoms with Crippen molar-refractivity contribution in [3.8, 4) is 0 Å². The summed E-state index contributed by atoms with van der Waals surface area (Å²) in [5.74, 6) is -0.622. The molecule has 4 nitrogen and oxygen atoms in total. The molecule has 2 N–H and O–H groups in total. The number of nitrogens with zero attached hydrogens (tertiary/aromatic N) is 1. The van der Waals surface area contributed by atoms with Gasteiger partial charge in [0.1, 0.15) is 5.54 Å². The third-order valence-corrected chi connectivity index (χ3v) is 2.89. The van der Waals surface area contributed by atoms with Gasteiger partial charge < -0.3 is 10.5 Å². The zero-order valence-electron chi connectivity index (χ0n) is 11.9. The lowest BCUT2D eigenvalue weighted by Gasteiger charge is -2.33. The Morgan fingerprint density at radius 1 is 1.42 bits per heavy atom. The van der Waals surface area contributed by atoms with E-state index in [1.807, 2.05) is 0 Å². The van der Waals surface area contributed by atoms with Gasteiger partial charge in [0.25, 0.3) is 0 Å². The highest BCUT2D eigenvalue weighted by Gasteiger charge is 2.37. The number of carbonyl (C=O) groups excluding carboxylic acids is 1. The van der Waals surface area contributed by atoms with Crippen molar-refractivity contribution >= 4 is 5.97 Å². The zero-order chi connectivity index (χ0) is 15.3. The first-order chi connectivity index (χ1) is 8.53. The van der Waals surface area contributed by atoms with Gasteiger partial charge in [-0.15, -0.1) is 0 Å². The molecule has 0 bridgehead atoms. The van der Waals surface area contributed by atoms with Gasteiger partial charge in [0, 0.05) is 6.04 Å². The Kier molecular flexibility index (Phi) is 6.79. The number of carbonyl (C=O) groups is 1. The number of alkyl halides is 3. The van der Waals surface area contributed by atoms with Crippen molar-refractivity contribution in [2.45, 2.75) is 51.4 Å². The van der Waals surface area contributed by atoms with E-state index in [1.165, 1.54) is 18.9 Å². The van der Waals surface area contributed by atoms with Gasteiger partial charge in [0.2, 0.25) is 0 Å². The molecule has 0 saturated heterocycles. The van der Waals surface area contributed by atoms with E-state index in [9.17, 15) is 18.0 Å². The Balaban J connectivity index is 4.72. The van der Waals surface area contributed by atoms with E-state index in [0.717, 1.165) is 0 Å². The third-order valence-electron chi connectivity index (χ3n) is 2.89. The molecule has 0 aliphatic rings. The Morgan fingerprint density at radius 3 is 2.32 bits per heavy atom. The molecule has 2 unspecified atom stereocenters. The summed E-state index contributed by atoms with van der Waals surface area (Å²) in [6.07, 6.45) is -3.56. The van der Waals surface area contributed by atoms with Gasteiger partial charge >= 0.3 is 12.1 Å². The molecule has 0 spiro atoms. The van der Waals surface area contributed by atoms with Crippen LogP contribution in [0.3, 0.4) is 0 Å². The smallest absolute Gasteiger partial charge is 0.401 e. The molecule has 0 fully saturated rings. The largest absolute Gasteiger partial charge is 0.468 e. The lowest BCUT2D eigenvalue weighted by molar-refractivity contribution is -0.153. The average molecular weight is 284 g/mol. The van der Waals surface area contributed by atoms with Crippen molar-refractivity contribution < 1.29 is 22.7 Å². The molecular formula is C12H23F3N2O2. The predicted octanol–water partition coefficient (Wildman–Crippen LogP) is 1.93. The van der Waals surface area contributed by atoms with Crippen LogP contribution in [-0.4, -0.2) is 48.8 Å². The van der Waals surface area contributed by atoms with Gasteiger partial charge in [-0.05, 0) is 33.2 Å². The van der Waals surface area contributed by atoms with Gasteiger partial charge in [0.15, 0.2) is 0 Å². The van der Waals surface area contributed by atoms with Gasteiger partial charge in [-0.25, -0.2) is 0 Å². The highest BCUT2D eigenvalue weighted by atomic mass is 19.4. The molecule has 0 saturated carbocycles. The van der Waals surface area contributed by atoms with E-state index >= 15 is 0 Å². The monoisotopic (exact) mass is 284 g/mol. The molecule has 114 valence electrons. The topological polar surface area (TPSA) is 55.6 Å². The maximum atomic E-state index is 12.5. The minimum Gasteiger partial charge on any atom is -0.468 e. The van der Waals surface area contributed by atoms with Crippen LogP contribution in [0.1, 0.15) is 33.6 Å². The molecule has 0 radical (unpaired) electrons. The van der Waals surface area contributed by atoms with Gasteiger partial charge in [-0.3, -0.25) is 9.69 Å². The minimum absolute atomic E-state index is 0.107. The van der Waals surface area contributed by atoms with E-state index in [-0.39, 0.29) is 6.42 Å². The molecule has 2 atom stereocenters. The second-order valence-electron chi connectivity index (χ2n) is 5.05.